The zero-order chi connectivity index (χ0) is 10.9. The van der Waals surface area contributed by atoms with Crippen LogP contribution in [0.15, 0.2) is 0 Å². The van der Waals surface area contributed by atoms with Gasteiger partial charge in [0.05, 0.1) is 0 Å². The smallest absolute Gasteiger partial charge is 0.139 e. The largest absolute Gasteiger partial charge is 0.299 e. The predicted octanol–water partition coefficient (Wildman–Crippen LogP) is 3.57. The SMILES string of the molecule is CCC1(C)CC2CC(=O)C3(CC)CCC213. The van der Waals surface area contributed by atoms with E-state index < -0.39 is 0 Å². The first-order valence-corrected chi connectivity index (χ1v) is 6.59. The summed E-state index contributed by atoms with van der Waals surface area (Å²) in [7, 11) is 0. The highest BCUT2D eigenvalue weighted by Gasteiger charge is 2.79. The quantitative estimate of drug-likeness (QED) is 0.675. The van der Waals surface area contributed by atoms with Gasteiger partial charge in [0.15, 0.2) is 0 Å². The summed E-state index contributed by atoms with van der Waals surface area (Å²) in [6.07, 6.45) is 7.10. The zero-order valence-corrected chi connectivity index (χ0v) is 10.2. The van der Waals surface area contributed by atoms with Gasteiger partial charge in [-0.1, -0.05) is 27.2 Å². The fraction of sp³-hybridized carbons (Fsp3) is 0.929. The molecular weight excluding hydrogens is 184 g/mol. The second-order valence-corrected chi connectivity index (χ2v) is 6.35. The Kier molecular flexibility index (Phi) is 1.64. The van der Waals surface area contributed by atoms with Crippen LogP contribution in [0.2, 0.25) is 0 Å². The van der Waals surface area contributed by atoms with Gasteiger partial charge in [0.2, 0.25) is 0 Å². The topological polar surface area (TPSA) is 17.1 Å². The van der Waals surface area contributed by atoms with Gasteiger partial charge in [-0.25, -0.2) is 0 Å². The molecule has 0 bridgehead atoms. The van der Waals surface area contributed by atoms with Crippen LogP contribution in [0.3, 0.4) is 0 Å². The van der Waals surface area contributed by atoms with Crippen LogP contribution in [-0.4, -0.2) is 5.78 Å². The number of ketones is 1. The second-order valence-electron chi connectivity index (χ2n) is 6.35. The molecule has 0 aromatic heterocycles. The molecule has 0 saturated heterocycles. The summed E-state index contributed by atoms with van der Waals surface area (Å²) in [4.78, 5) is 12.2. The van der Waals surface area contributed by atoms with E-state index in [2.05, 4.69) is 20.8 Å². The van der Waals surface area contributed by atoms with Crippen molar-refractivity contribution in [2.24, 2.45) is 22.2 Å². The lowest BCUT2D eigenvalue weighted by atomic mass is 9.31. The lowest BCUT2D eigenvalue weighted by Crippen LogP contribution is -2.67. The molecule has 3 fully saturated rings. The van der Waals surface area contributed by atoms with Gasteiger partial charge in [-0.3, -0.25) is 4.79 Å². The molecule has 3 aliphatic rings. The molecule has 0 aromatic carbocycles. The first-order chi connectivity index (χ1) is 7.06. The molecule has 4 atom stereocenters. The predicted molar refractivity (Wildman–Crippen MR) is 60.5 cm³/mol. The first kappa shape index (κ1) is 9.86. The minimum absolute atomic E-state index is 0.126. The molecule has 0 heterocycles. The summed E-state index contributed by atoms with van der Waals surface area (Å²) in [6, 6.07) is 0. The van der Waals surface area contributed by atoms with Gasteiger partial charge < -0.3 is 0 Å². The van der Waals surface area contributed by atoms with Gasteiger partial charge in [-0.05, 0) is 42.4 Å². The third-order valence-electron chi connectivity index (χ3n) is 6.62. The Morgan fingerprint density at radius 1 is 1.27 bits per heavy atom. The molecule has 1 spiro atoms. The first-order valence-electron chi connectivity index (χ1n) is 6.59. The van der Waals surface area contributed by atoms with Crippen LogP contribution in [0.1, 0.15) is 59.3 Å². The summed E-state index contributed by atoms with van der Waals surface area (Å²) >= 11 is 0. The van der Waals surface area contributed by atoms with Gasteiger partial charge in [-0.15, -0.1) is 0 Å². The molecule has 3 rings (SSSR count). The highest BCUT2D eigenvalue weighted by Crippen LogP contribution is 2.83. The Balaban J connectivity index is 2.07. The highest BCUT2D eigenvalue weighted by atomic mass is 16.1. The molecule has 0 radical (unpaired) electrons. The lowest BCUT2D eigenvalue weighted by molar-refractivity contribution is -0.245. The Hall–Kier alpha value is -0.330. The van der Waals surface area contributed by atoms with Crippen molar-refractivity contribution >= 4 is 5.78 Å². The molecule has 0 amide bonds. The molecule has 1 heteroatoms. The molecule has 1 nitrogen and oxygen atoms in total. The van der Waals surface area contributed by atoms with Crippen molar-refractivity contribution in [2.75, 3.05) is 0 Å². The number of carbonyl (C=O) groups is 1. The lowest BCUT2D eigenvalue weighted by Gasteiger charge is -2.72. The van der Waals surface area contributed by atoms with Crippen molar-refractivity contribution < 1.29 is 4.79 Å². The average molecular weight is 206 g/mol. The minimum Gasteiger partial charge on any atom is -0.299 e. The van der Waals surface area contributed by atoms with Gasteiger partial charge in [0, 0.05) is 11.8 Å². The molecule has 4 unspecified atom stereocenters. The third kappa shape index (κ3) is 0.697. The van der Waals surface area contributed by atoms with Gasteiger partial charge >= 0.3 is 0 Å². The molecule has 3 saturated carbocycles. The van der Waals surface area contributed by atoms with Crippen LogP contribution in [0.4, 0.5) is 0 Å². The minimum atomic E-state index is 0.126. The van der Waals surface area contributed by atoms with E-state index in [0.29, 0.717) is 16.6 Å². The fourth-order valence-corrected chi connectivity index (χ4v) is 5.64. The van der Waals surface area contributed by atoms with E-state index in [1.165, 1.54) is 25.7 Å². The molecule has 0 aliphatic heterocycles. The summed E-state index contributed by atoms with van der Waals surface area (Å²) in [5.41, 5.74) is 1.05. The number of carbonyl (C=O) groups excluding carboxylic acids is 1. The van der Waals surface area contributed by atoms with Crippen molar-refractivity contribution in [3.05, 3.63) is 0 Å². The molecule has 0 N–H and O–H groups in total. The van der Waals surface area contributed by atoms with E-state index in [4.69, 9.17) is 0 Å². The van der Waals surface area contributed by atoms with Crippen LogP contribution < -0.4 is 0 Å². The van der Waals surface area contributed by atoms with Crippen LogP contribution in [0.25, 0.3) is 0 Å². The maximum absolute atomic E-state index is 12.2. The Labute approximate surface area is 92.6 Å². The molecular formula is C14H22O. The third-order valence-corrected chi connectivity index (χ3v) is 6.62. The number of rotatable bonds is 2. The van der Waals surface area contributed by atoms with Crippen molar-refractivity contribution in [1.82, 2.24) is 0 Å². The summed E-state index contributed by atoms with van der Waals surface area (Å²) in [6.45, 7) is 6.98. The molecule has 3 aliphatic carbocycles. The number of Topliss-reactive ketones (excluding diaryl/α,β-unsaturated/α-hetero) is 1. The highest BCUT2D eigenvalue weighted by molar-refractivity contribution is 5.91. The van der Waals surface area contributed by atoms with E-state index in [0.717, 1.165) is 18.8 Å². The van der Waals surface area contributed by atoms with Crippen molar-refractivity contribution in [1.29, 1.82) is 0 Å². The Morgan fingerprint density at radius 2 is 2.00 bits per heavy atom. The van der Waals surface area contributed by atoms with Crippen molar-refractivity contribution in [2.45, 2.75) is 59.3 Å². The molecule has 15 heavy (non-hydrogen) atoms. The fourth-order valence-electron chi connectivity index (χ4n) is 5.64. The average Bonchev–Trinajstić information content (AvgIpc) is 2.28. The van der Waals surface area contributed by atoms with Gasteiger partial charge in [0.25, 0.3) is 0 Å². The van der Waals surface area contributed by atoms with Gasteiger partial charge in [0.1, 0.15) is 5.78 Å². The molecule has 84 valence electrons. The number of hydrogen-bond donors (Lipinski definition) is 0. The molecule has 0 aromatic rings. The Morgan fingerprint density at radius 3 is 2.47 bits per heavy atom. The Bertz CT molecular complexity index is 330. The van der Waals surface area contributed by atoms with Crippen LogP contribution in [-0.2, 0) is 4.79 Å². The van der Waals surface area contributed by atoms with E-state index in [1.54, 1.807) is 0 Å². The van der Waals surface area contributed by atoms with E-state index >= 15 is 0 Å². The number of hydrogen-bond acceptors (Lipinski definition) is 1. The van der Waals surface area contributed by atoms with E-state index in [9.17, 15) is 4.79 Å². The standard InChI is InChI=1S/C14H22O/c1-4-12(3)9-10-8-11(15)13(5-2)6-7-14(10,12)13/h10H,4-9H2,1-3H3. The zero-order valence-electron chi connectivity index (χ0n) is 10.2. The van der Waals surface area contributed by atoms with Crippen LogP contribution in [0.5, 0.6) is 0 Å². The summed E-state index contributed by atoms with van der Waals surface area (Å²) < 4.78 is 0. The second kappa shape index (κ2) is 2.49. The normalized spacial score (nSPS) is 56.7. The van der Waals surface area contributed by atoms with Crippen molar-refractivity contribution in [3.63, 3.8) is 0 Å². The van der Waals surface area contributed by atoms with E-state index in [-0.39, 0.29) is 5.41 Å². The van der Waals surface area contributed by atoms with Crippen LogP contribution in [0, 0.1) is 22.2 Å². The summed E-state index contributed by atoms with van der Waals surface area (Å²) in [5, 5.41) is 0. The monoisotopic (exact) mass is 206 g/mol. The van der Waals surface area contributed by atoms with E-state index in [1.807, 2.05) is 0 Å². The maximum Gasteiger partial charge on any atom is 0.139 e. The van der Waals surface area contributed by atoms with Crippen LogP contribution >= 0.6 is 0 Å². The summed E-state index contributed by atoms with van der Waals surface area (Å²) in [5.74, 6) is 1.36. The van der Waals surface area contributed by atoms with Gasteiger partial charge in [-0.2, -0.15) is 0 Å². The van der Waals surface area contributed by atoms with Crippen molar-refractivity contribution in [3.8, 4) is 0 Å². The maximum atomic E-state index is 12.2.